The summed E-state index contributed by atoms with van der Waals surface area (Å²) in [6.45, 7) is 1.46. The number of carbonyl (C=O) groups is 1. The quantitative estimate of drug-likeness (QED) is 0.463. The van der Waals surface area contributed by atoms with Gasteiger partial charge in [0.1, 0.15) is 0 Å². The summed E-state index contributed by atoms with van der Waals surface area (Å²) >= 11 is 0. The minimum atomic E-state index is -0.465. The van der Waals surface area contributed by atoms with E-state index >= 15 is 0 Å². The van der Waals surface area contributed by atoms with E-state index in [2.05, 4.69) is 4.98 Å². The number of nitro benzene ring substituents is 1. The van der Waals surface area contributed by atoms with Crippen LogP contribution in [0.4, 0.5) is 5.69 Å². The maximum atomic E-state index is 11.2. The maximum absolute atomic E-state index is 11.2. The van der Waals surface area contributed by atoms with Crippen LogP contribution in [0.25, 0.3) is 10.9 Å². The Hall–Kier alpha value is -2.17. The molecule has 0 atom stereocenters. The highest BCUT2D eigenvalue weighted by atomic mass is 16.6. The lowest BCUT2D eigenvalue weighted by Crippen LogP contribution is -1.90. The number of fused-ring (bicyclic) bond motifs is 1. The van der Waals surface area contributed by atoms with Crippen LogP contribution in [0.3, 0.4) is 0 Å². The molecule has 5 heteroatoms. The van der Waals surface area contributed by atoms with Gasteiger partial charge in [-0.1, -0.05) is 0 Å². The Bertz CT molecular complexity index is 557. The summed E-state index contributed by atoms with van der Waals surface area (Å²) in [6, 6.07) is 4.39. The number of non-ortho nitro benzene ring substituents is 1. The Kier molecular flexibility index (Phi) is 2.00. The first-order chi connectivity index (χ1) is 7.09. The normalized spacial score (nSPS) is 10.5. The predicted molar refractivity (Wildman–Crippen MR) is 55.0 cm³/mol. The number of nitro groups is 1. The second-order valence-corrected chi connectivity index (χ2v) is 3.25. The number of hydrogen-bond acceptors (Lipinski definition) is 3. The van der Waals surface area contributed by atoms with E-state index in [4.69, 9.17) is 0 Å². The fraction of sp³-hybridized carbons (Fsp3) is 0.100. The molecule has 1 aromatic carbocycles. The van der Waals surface area contributed by atoms with Gasteiger partial charge in [-0.15, -0.1) is 0 Å². The fourth-order valence-electron chi connectivity index (χ4n) is 1.52. The molecular weight excluding hydrogens is 196 g/mol. The number of nitrogens with one attached hydrogen (secondary N) is 1. The van der Waals surface area contributed by atoms with Crippen LogP contribution in [0.2, 0.25) is 0 Å². The second kappa shape index (κ2) is 3.20. The van der Waals surface area contributed by atoms with Crippen LogP contribution < -0.4 is 0 Å². The Labute approximate surface area is 84.9 Å². The van der Waals surface area contributed by atoms with E-state index in [0.717, 1.165) is 0 Å². The number of H-pyrrole nitrogens is 1. The molecule has 0 aliphatic heterocycles. The lowest BCUT2D eigenvalue weighted by Gasteiger charge is -1.93. The summed E-state index contributed by atoms with van der Waals surface area (Å²) in [4.78, 5) is 24.1. The van der Waals surface area contributed by atoms with Gasteiger partial charge >= 0.3 is 0 Å². The topological polar surface area (TPSA) is 76.0 Å². The second-order valence-electron chi connectivity index (χ2n) is 3.25. The van der Waals surface area contributed by atoms with Gasteiger partial charge in [0, 0.05) is 29.3 Å². The molecular formula is C10H8N2O3. The number of hydrogen-bond donors (Lipinski definition) is 1. The van der Waals surface area contributed by atoms with Crippen molar-refractivity contribution in [2.24, 2.45) is 0 Å². The molecule has 2 aromatic rings. The van der Waals surface area contributed by atoms with Gasteiger partial charge in [-0.2, -0.15) is 0 Å². The Morgan fingerprint density at radius 2 is 2.20 bits per heavy atom. The van der Waals surface area contributed by atoms with E-state index in [1.807, 2.05) is 0 Å². The van der Waals surface area contributed by atoms with Crippen LogP contribution in [-0.2, 0) is 0 Å². The number of carbonyl (C=O) groups excluding carboxylic acids is 1. The highest BCUT2D eigenvalue weighted by molar-refractivity contribution is 6.07. The van der Waals surface area contributed by atoms with Gasteiger partial charge in [0.05, 0.1) is 10.4 Å². The summed E-state index contributed by atoms with van der Waals surface area (Å²) in [5, 5.41) is 11.2. The van der Waals surface area contributed by atoms with Crippen LogP contribution in [0.15, 0.2) is 24.4 Å². The zero-order valence-corrected chi connectivity index (χ0v) is 7.98. The Morgan fingerprint density at radius 1 is 1.47 bits per heavy atom. The molecule has 0 saturated carbocycles. The van der Waals surface area contributed by atoms with Crippen LogP contribution in [0, 0.1) is 10.1 Å². The van der Waals surface area contributed by atoms with Gasteiger partial charge in [-0.3, -0.25) is 14.9 Å². The lowest BCUT2D eigenvalue weighted by molar-refractivity contribution is -0.384. The van der Waals surface area contributed by atoms with Gasteiger partial charge < -0.3 is 4.98 Å². The number of benzene rings is 1. The first-order valence-corrected chi connectivity index (χ1v) is 4.36. The SMILES string of the molecule is CC(=O)c1c[nH]c2cc([N+](=O)[O-])ccc12. The number of aromatic nitrogens is 1. The smallest absolute Gasteiger partial charge is 0.271 e. The zero-order chi connectivity index (χ0) is 11.0. The third kappa shape index (κ3) is 1.48. The van der Waals surface area contributed by atoms with E-state index in [1.54, 1.807) is 12.3 Å². The molecule has 1 N–H and O–H groups in total. The molecule has 0 bridgehead atoms. The van der Waals surface area contributed by atoms with E-state index in [0.29, 0.717) is 16.5 Å². The minimum absolute atomic E-state index is 0.0134. The first kappa shape index (κ1) is 9.39. The summed E-state index contributed by atoms with van der Waals surface area (Å²) in [7, 11) is 0. The molecule has 0 radical (unpaired) electrons. The maximum Gasteiger partial charge on any atom is 0.271 e. The van der Waals surface area contributed by atoms with Crippen molar-refractivity contribution in [2.45, 2.75) is 6.92 Å². The van der Waals surface area contributed by atoms with E-state index < -0.39 is 4.92 Å². The number of nitrogens with zero attached hydrogens (tertiary/aromatic N) is 1. The third-order valence-corrected chi connectivity index (χ3v) is 2.26. The molecule has 0 aliphatic carbocycles. The van der Waals surface area contributed by atoms with Crippen molar-refractivity contribution in [1.82, 2.24) is 4.98 Å². The highest BCUT2D eigenvalue weighted by Crippen LogP contribution is 2.23. The molecule has 5 nitrogen and oxygen atoms in total. The standard InChI is InChI=1S/C10H8N2O3/c1-6(13)9-5-11-10-4-7(12(14)15)2-3-8(9)10/h2-5,11H,1H3. The number of aromatic amines is 1. The summed E-state index contributed by atoms with van der Waals surface area (Å²) in [6.07, 6.45) is 1.57. The van der Waals surface area contributed by atoms with Gasteiger partial charge in [-0.05, 0) is 13.0 Å². The summed E-state index contributed by atoms with van der Waals surface area (Å²) < 4.78 is 0. The van der Waals surface area contributed by atoms with Crippen LogP contribution in [-0.4, -0.2) is 15.7 Å². The average Bonchev–Trinajstić information content (AvgIpc) is 2.59. The molecule has 76 valence electrons. The van der Waals surface area contributed by atoms with Crippen molar-refractivity contribution in [1.29, 1.82) is 0 Å². The molecule has 15 heavy (non-hydrogen) atoms. The molecule has 0 spiro atoms. The molecule has 0 aliphatic rings. The van der Waals surface area contributed by atoms with Crippen molar-refractivity contribution in [2.75, 3.05) is 0 Å². The van der Waals surface area contributed by atoms with Crippen LogP contribution in [0.1, 0.15) is 17.3 Å². The number of rotatable bonds is 2. The third-order valence-electron chi connectivity index (χ3n) is 2.26. The van der Waals surface area contributed by atoms with Crippen molar-refractivity contribution < 1.29 is 9.72 Å². The molecule has 0 fully saturated rings. The molecule has 1 aromatic heterocycles. The van der Waals surface area contributed by atoms with Crippen LogP contribution >= 0.6 is 0 Å². The predicted octanol–water partition coefficient (Wildman–Crippen LogP) is 2.28. The largest absolute Gasteiger partial charge is 0.360 e. The number of ketones is 1. The van der Waals surface area contributed by atoms with Crippen molar-refractivity contribution in [3.05, 3.63) is 40.1 Å². The lowest BCUT2D eigenvalue weighted by atomic mass is 10.1. The van der Waals surface area contributed by atoms with Crippen LogP contribution in [0.5, 0.6) is 0 Å². The highest BCUT2D eigenvalue weighted by Gasteiger charge is 2.11. The Balaban J connectivity index is 2.66. The van der Waals surface area contributed by atoms with Gasteiger partial charge in [0.25, 0.3) is 5.69 Å². The van der Waals surface area contributed by atoms with Gasteiger partial charge in [0.15, 0.2) is 5.78 Å². The van der Waals surface area contributed by atoms with E-state index in [-0.39, 0.29) is 11.5 Å². The van der Waals surface area contributed by atoms with Crippen molar-refractivity contribution >= 4 is 22.4 Å². The van der Waals surface area contributed by atoms with Gasteiger partial charge in [0.2, 0.25) is 0 Å². The summed E-state index contributed by atoms with van der Waals surface area (Å²) in [5.74, 6) is -0.0601. The van der Waals surface area contributed by atoms with Crippen molar-refractivity contribution in [3.8, 4) is 0 Å². The average molecular weight is 204 g/mol. The minimum Gasteiger partial charge on any atom is -0.360 e. The molecule has 0 saturated heterocycles. The molecule has 0 unspecified atom stereocenters. The monoisotopic (exact) mass is 204 g/mol. The van der Waals surface area contributed by atoms with E-state index in [1.165, 1.54) is 19.1 Å². The Morgan fingerprint density at radius 3 is 2.80 bits per heavy atom. The molecule has 1 heterocycles. The zero-order valence-electron chi connectivity index (χ0n) is 7.98. The fourth-order valence-corrected chi connectivity index (χ4v) is 1.52. The molecule has 2 rings (SSSR count). The van der Waals surface area contributed by atoms with Gasteiger partial charge in [-0.25, -0.2) is 0 Å². The van der Waals surface area contributed by atoms with E-state index in [9.17, 15) is 14.9 Å². The first-order valence-electron chi connectivity index (χ1n) is 4.36. The van der Waals surface area contributed by atoms with Crippen molar-refractivity contribution in [3.63, 3.8) is 0 Å². The molecule has 0 amide bonds. The number of Topliss-reactive ketones (excluding diaryl/α,β-unsaturated/α-hetero) is 1. The summed E-state index contributed by atoms with van der Waals surface area (Å²) in [5.41, 5.74) is 1.17.